The van der Waals surface area contributed by atoms with Crippen molar-refractivity contribution in [2.24, 2.45) is 11.8 Å². The van der Waals surface area contributed by atoms with Crippen LogP contribution in [0.4, 0.5) is 0 Å². The van der Waals surface area contributed by atoms with Crippen LogP contribution in [0.25, 0.3) is 0 Å². The number of methoxy groups -OCH3 is 1. The lowest BCUT2D eigenvalue weighted by Gasteiger charge is -2.34. The average Bonchev–Trinajstić information content (AvgIpc) is 2.77. The molecule has 0 bridgehead atoms. The highest BCUT2D eigenvalue weighted by Crippen LogP contribution is 2.27. The molecule has 0 aliphatic heterocycles. The van der Waals surface area contributed by atoms with Gasteiger partial charge in [0.25, 0.3) is 0 Å². The minimum Gasteiger partial charge on any atom is -0.497 e. The molecule has 1 rings (SSSR count). The Morgan fingerprint density at radius 3 is 2.03 bits per heavy atom. The van der Waals surface area contributed by atoms with E-state index in [0.717, 1.165) is 41.3 Å². The summed E-state index contributed by atoms with van der Waals surface area (Å²) in [7, 11) is 0.00985. The molecule has 5 heteroatoms. The van der Waals surface area contributed by atoms with E-state index in [1.54, 1.807) is 7.11 Å². The third kappa shape index (κ3) is 7.68. The minimum absolute atomic E-state index is 0.153. The number of carbonyl (C=O) groups excluding carboxylic acids is 1. The van der Waals surface area contributed by atoms with Crippen LogP contribution in [0.3, 0.4) is 0 Å². The second-order valence-corrected chi connectivity index (χ2v) is 13.1. The van der Waals surface area contributed by atoms with Crippen molar-refractivity contribution in [2.45, 2.75) is 85.4 Å². The molecule has 4 nitrogen and oxygen atoms in total. The summed E-state index contributed by atoms with van der Waals surface area (Å²) in [6.45, 7) is 15.6. The Hall–Kier alpha value is -1.43. The molecule has 0 heterocycles. The number of aldehydes is 1. The van der Waals surface area contributed by atoms with Gasteiger partial charge in [0.1, 0.15) is 12.0 Å². The first-order chi connectivity index (χ1) is 14.2. The standard InChI is InChI=1S/C25H42O4Si/c1-9-30(10-2,11-3)29-22(7)19(4)16-20(5)25(21(6)17-26)28-18-23-12-14-24(27-8)15-13-23/h12-17,19,21-22,25H,9-11,18H2,1-8H3/b20-16+/t19-,21-,22-,25-/m0/s1. The van der Waals surface area contributed by atoms with Crippen molar-refractivity contribution >= 4 is 14.6 Å². The van der Waals surface area contributed by atoms with Crippen LogP contribution in [-0.2, 0) is 20.6 Å². The molecule has 4 atom stereocenters. The highest BCUT2D eigenvalue weighted by Gasteiger charge is 2.32. The van der Waals surface area contributed by atoms with E-state index in [1.165, 1.54) is 0 Å². The monoisotopic (exact) mass is 434 g/mol. The third-order valence-electron chi connectivity index (χ3n) is 6.36. The fourth-order valence-electron chi connectivity index (χ4n) is 3.82. The molecule has 0 spiro atoms. The van der Waals surface area contributed by atoms with Crippen molar-refractivity contribution < 1.29 is 18.7 Å². The number of ether oxygens (including phenoxy) is 2. The van der Waals surface area contributed by atoms with Crippen LogP contribution in [0.15, 0.2) is 35.9 Å². The zero-order valence-corrected chi connectivity index (χ0v) is 21.2. The van der Waals surface area contributed by atoms with Gasteiger partial charge in [-0.2, -0.15) is 0 Å². The van der Waals surface area contributed by atoms with Crippen molar-refractivity contribution in [2.75, 3.05) is 7.11 Å². The van der Waals surface area contributed by atoms with Crippen LogP contribution < -0.4 is 4.74 Å². The summed E-state index contributed by atoms with van der Waals surface area (Å²) in [5.41, 5.74) is 2.14. The molecular formula is C25H42O4Si. The van der Waals surface area contributed by atoms with E-state index >= 15 is 0 Å². The maximum atomic E-state index is 11.5. The molecule has 0 unspecified atom stereocenters. The normalized spacial score (nSPS) is 16.6. The van der Waals surface area contributed by atoms with Crippen molar-refractivity contribution in [1.82, 2.24) is 0 Å². The van der Waals surface area contributed by atoms with Gasteiger partial charge in [0.2, 0.25) is 0 Å². The van der Waals surface area contributed by atoms with Gasteiger partial charge >= 0.3 is 0 Å². The van der Waals surface area contributed by atoms with E-state index in [2.05, 4.69) is 47.6 Å². The van der Waals surface area contributed by atoms with E-state index < -0.39 is 8.32 Å². The summed E-state index contributed by atoms with van der Waals surface area (Å²) in [5, 5.41) is 0. The fraction of sp³-hybridized carbons (Fsp3) is 0.640. The Balaban J connectivity index is 2.88. The molecule has 0 saturated heterocycles. The molecule has 0 N–H and O–H groups in total. The Bertz CT molecular complexity index is 643. The predicted octanol–water partition coefficient (Wildman–Crippen LogP) is 6.41. The van der Waals surface area contributed by atoms with Crippen LogP contribution in [0.5, 0.6) is 5.75 Å². The molecule has 0 radical (unpaired) electrons. The largest absolute Gasteiger partial charge is 0.497 e. The maximum absolute atomic E-state index is 11.5. The van der Waals surface area contributed by atoms with Crippen LogP contribution in [0.1, 0.15) is 54.0 Å². The van der Waals surface area contributed by atoms with Gasteiger partial charge < -0.3 is 18.7 Å². The summed E-state index contributed by atoms with van der Waals surface area (Å²) < 4.78 is 18.0. The lowest BCUT2D eigenvalue weighted by atomic mass is 9.94. The van der Waals surface area contributed by atoms with Gasteiger partial charge in [-0.05, 0) is 61.2 Å². The molecule has 1 aromatic carbocycles. The number of rotatable bonds is 14. The van der Waals surface area contributed by atoms with Crippen LogP contribution in [-0.4, -0.2) is 33.9 Å². The van der Waals surface area contributed by atoms with Gasteiger partial charge in [-0.15, -0.1) is 0 Å². The first-order valence-corrected chi connectivity index (χ1v) is 13.8. The Kier molecular flexibility index (Phi) is 11.6. The lowest BCUT2D eigenvalue weighted by molar-refractivity contribution is -0.114. The van der Waals surface area contributed by atoms with Crippen LogP contribution in [0.2, 0.25) is 18.1 Å². The molecule has 0 aliphatic rings. The number of hydrogen-bond donors (Lipinski definition) is 0. The highest BCUT2D eigenvalue weighted by molar-refractivity contribution is 6.73. The first-order valence-electron chi connectivity index (χ1n) is 11.3. The number of hydrogen-bond acceptors (Lipinski definition) is 4. The van der Waals surface area contributed by atoms with Crippen molar-refractivity contribution in [3.05, 3.63) is 41.5 Å². The van der Waals surface area contributed by atoms with Gasteiger partial charge in [0.05, 0.1) is 19.8 Å². The molecule has 0 amide bonds. The molecule has 1 aromatic rings. The smallest absolute Gasteiger partial charge is 0.192 e. The van der Waals surface area contributed by atoms with Crippen molar-refractivity contribution in [3.63, 3.8) is 0 Å². The Morgan fingerprint density at radius 2 is 1.57 bits per heavy atom. The molecular weight excluding hydrogens is 392 g/mol. The van der Waals surface area contributed by atoms with Crippen LogP contribution in [0, 0.1) is 11.8 Å². The zero-order valence-electron chi connectivity index (χ0n) is 20.2. The van der Waals surface area contributed by atoms with Crippen molar-refractivity contribution in [3.8, 4) is 5.75 Å². The van der Waals surface area contributed by atoms with Gasteiger partial charge in [-0.25, -0.2) is 0 Å². The summed E-state index contributed by atoms with van der Waals surface area (Å²) in [4.78, 5) is 11.5. The van der Waals surface area contributed by atoms with Crippen molar-refractivity contribution in [1.29, 1.82) is 0 Å². The summed E-state index contributed by atoms with van der Waals surface area (Å²) in [6.07, 6.45) is 3.11. The highest BCUT2D eigenvalue weighted by atomic mass is 28.4. The van der Waals surface area contributed by atoms with E-state index in [9.17, 15) is 4.79 Å². The second kappa shape index (κ2) is 13.1. The molecule has 0 aliphatic carbocycles. The number of carbonyl (C=O) groups is 1. The summed E-state index contributed by atoms with van der Waals surface area (Å²) in [5.74, 6) is 0.868. The van der Waals surface area contributed by atoms with Gasteiger partial charge in [-0.1, -0.05) is 52.8 Å². The Labute approximate surface area is 185 Å². The Morgan fingerprint density at radius 1 is 1.00 bits per heavy atom. The quantitative estimate of drug-likeness (QED) is 0.193. The first kappa shape index (κ1) is 26.6. The predicted molar refractivity (Wildman–Crippen MR) is 127 cm³/mol. The molecule has 0 saturated carbocycles. The second-order valence-electron chi connectivity index (χ2n) is 8.41. The van der Waals surface area contributed by atoms with Gasteiger partial charge in [-0.3, -0.25) is 0 Å². The lowest BCUT2D eigenvalue weighted by Crippen LogP contribution is -2.40. The molecule has 0 fully saturated rings. The van der Waals surface area contributed by atoms with E-state index in [4.69, 9.17) is 13.9 Å². The maximum Gasteiger partial charge on any atom is 0.192 e. The molecule has 30 heavy (non-hydrogen) atoms. The van der Waals surface area contributed by atoms with E-state index in [1.807, 2.05) is 31.2 Å². The topological polar surface area (TPSA) is 44.8 Å². The third-order valence-corrected chi connectivity index (χ3v) is 11.1. The van der Waals surface area contributed by atoms with E-state index in [0.29, 0.717) is 6.61 Å². The number of benzene rings is 1. The summed E-state index contributed by atoms with van der Waals surface area (Å²) in [6, 6.07) is 11.3. The average molecular weight is 435 g/mol. The van der Waals surface area contributed by atoms with Gasteiger partial charge in [0, 0.05) is 12.0 Å². The molecule has 170 valence electrons. The van der Waals surface area contributed by atoms with Gasteiger partial charge in [0.15, 0.2) is 8.32 Å². The zero-order chi connectivity index (χ0) is 22.7. The fourth-order valence-corrected chi connectivity index (χ4v) is 6.83. The minimum atomic E-state index is -1.64. The van der Waals surface area contributed by atoms with E-state index in [-0.39, 0.29) is 24.0 Å². The SMILES string of the molecule is CC[Si](CC)(CC)O[C@@H](C)[C@@H](C)/C=C(\C)[C@H](OCc1ccc(OC)cc1)[C@@H](C)C=O. The molecule has 0 aromatic heterocycles. The van der Waals surface area contributed by atoms with Crippen LogP contribution >= 0.6 is 0 Å². The summed E-state index contributed by atoms with van der Waals surface area (Å²) >= 11 is 0.